The van der Waals surface area contributed by atoms with Crippen LogP contribution in [0, 0.1) is 0 Å². The van der Waals surface area contributed by atoms with Gasteiger partial charge in [-0.25, -0.2) is 4.79 Å². The van der Waals surface area contributed by atoms with Crippen LogP contribution in [0.1, 0.15) is 219 Å². The molecule has 0 heterocycles. The summed E-state index contributed by atoms with van der Waals surface area (Å²) in [6.45, 7) is 4.72. The van der Waals surface area contributed by atoms with Gasteiger partial charge in [0.2, 0.25) is 0 Å². The van der Waals surface area contributed by atoms with E-state index in [1.165, 1.54) is 83.5 Å². The van der Waals surface area contributed by atoms with Gasteiger partial charge < -0.3 is 28.5 Å². The lowest BCUT2D eigenvalue weighted by molar-refractivity contribution is -0.870. The monoisotopic (exact) mass is 993 g/mol. The first-order valence-corrected chi connectivity index (χ1v) is 28.4. The molecule has 0 spiro atoms. The summed E-state index contributed by atoms with van der Waals surface area (Å²) in [5, 5.41) is 9.70. The second-order valence-electron chi connectivity index (χ2n) is 19.9. The molecule has 0 aliphatic heterocycles. The van der Waals surface area contributed by atoms with Crippen LogP contribution in [0.4, 0.5) is 0 Å². The largest absolute Gasteiger partial charge is 0.477 e. The minimum atomic E-state index is -1.52. The van der Waals surface area contributed by atoms with Crippen molar-refractivity contribution in [3.63, 3.8) is 0 Å². The Morgan fingerprint density at radius 2 is 0.803 bits per heavy atom. The zero-order valence-electron chi connectivity index (χ0n) is 46.1. The van der Waals surface area contributed by atoms with E-state index in [0.29, 0.717) is 17.4 Å². The zero-order valence-corrected chi connectivity index (χ0v) is 46.1. The van der Waals surface area contributed by atoms with Gasteiger partial charge in [-0.15, -0.1) is 0 Å². The second kappa shape index (κ2) is 52.5. The minimum Gasteiger partial charge on any atom is -0.477 e. The van der Waals surface area contributed by atoms with Crippen molar-refractivity contribution >= 4 is 17.9 Å². The molecule has 2 unspecified atom stereocenters. The summed E-state index contributed by atoms with van der Waals surface area (Å²) in [4.78, 5) is 37.4. The molecule has 71 heavy (non-hydrogen) atoms. The van der Waals surface area contributed by atoms with Crippen molar-refractivity contribution in [1.82, 2.24) is 0 Å². The third kappa shape index (κ3) is 53.8. The van der Waals surface area contributed by atoms with Gasteiger partial charge in [-0.1, -0.05) is 207 Å². The number of carbonyl (C=O) groups is 3. The Balaban J connectivity index is 4.34. The van der Waals surface area contributed by atoms with Crippen LogP contribution in [-0.2, 0) is 33.3 Å². The fourth-order valence-corrected chi connectivity index (χ4v) is 7.46. The Labute approximate surface area is 435 Å². The highest BCUT2D eigenvalue weighted by Gasteiger charge is 2.25. The molecule has 0 amide bonds. The highest BCUT2D eigenvalue weighted by Crippen LogP contribution is 2.14. The fraction of sp³-hybridized carbons (Fsp3) is 0.694. The number of hydrogen-bond acceptors (Lipinski definition) is 7. The lowest BCUT2D eigenvalue weighted by atomic mass is 10.1. The van der Waals surface area contributed by atoms with Gasteiger partial charge in [0.05, 0.1) is 34.4 Å². The summed E-state index contributed by atoms with van der Waals surface area (Å²) < 4.78 is 22.9. The molecule has 0 saturated carbocycles. The van der Waals surface area contributed by atoms with Gasteiger partial charge in [0.25, 0.3) is 6.29 Å². The third-order valence-electron chi connectivity index (χ3n) is 11.8. The normalized spacial score (nSPS) is 13.5. The van der Waals surface area contributed by atoms with E-state index >= 15 is 0 Å². The average Bonchev–Trinajstić information content (AvgIpc) is 3.34. The number of hydrogen-bond donors (Lipinski definition) is 1. The van der Waals surface area contributed by atoms with E-state index < -0.39 is 24.3 Å². The lowest BCUT2D eigenvalue weighted by Gasteiger charge is -2.25. The standard InChI is InChI=1S/C62H105NO8/c1-6-8-10-12-14-16-18-20-22-24-26-28-29-30-31-33-35-37-39-41-43-45-47-49-51-53-60(65)71-58(57-70-62(61(66)67)68-55-54-63(3,4)5)56-69-59(64)52-50-48-46-44-42-40-38-36-34-32-27-25-23-21-19-17-15-13-11-9-7-2/h8,10,14,16,19-22,25-28,30-31,35,37,58,62H,6-7,9,11-13,15,17-18,23-24,29,32-34,36,38-57H2,1-5H3/p+1/b10-8-,16-14-,21-19-,22-20-,27-25-,28-26-,31-30-,37-35-. The van der Waals surface area contributed by atoms with E-state index in [4.69, 9.17) is 18.9 Å². The molecule has 0 aliphatic rings. The van der Waals surface area contributed by atoms with Crippen molar-refractivity contribution < 1.29 is 42.9 Å². The minimum absolute atomic E-state index is 0.179. The van der Waals surface area contributed by atoms with Crippen LogP contribution in [0.25, 0.3) is 0 Å². The van der Waals surface area contributed by atoms with E-state index in [2.05, 4.69) is 111 Å². The fourth-order valence-electron chi connectivity index (χ4n) is 7.46. The van der Waals surface area contributed by atoms with E-state index in [0.717, 1.165) is 103 Å². The first kappa shape index (κ1) is 67.2. The molecule has 9 nitrogen and oxygen atoms in total. The Bertz CT molecular complexity index is 1480. The number of carbonyl (C=O) groups excluding carboxylic acids is 2. The first-order valence-electron chi connectivity index (χ1n) is 28.4. The van der Waals surface area contributed by atoms with E-state index in [1.54, 1.807) is 0 Å². The van der Waals surface area contributed by atoms with Gasteiger partial charge in [0.15, 0.2) is 6.10 Å². The summed E-state index contributed by atoms with van der Waals surface area (Å²) >= 11 is 0. The Kier molecular flexibility index (Phi) is 49.7. The average molecular weight is 994 g/mol. The molecule has 0 aromatic heterocycles. The van der Waals surface area contributed by atoms with Crippen molar-refractivity contribution in [2.75, 3.05) is 47.5 Å². The molecular formula is C62H106NO8+. The van der Waals surface area contributed by atoms with E-state index in [1.807, 2.05) is 21.1 Å². The highest BCUT2D eigenvalue weighted by atomic mass is 16.7. The molecular weight excluding hydrogens is 887 g/mol. The molecule has 0 radical (unpaired) electrons. The Morgan fingerprint density at radius 3 is 1.20 bits per heavy atom. The smallest absolute Gasteiger partial charge is 0.361 e. The maximum absolute atomic E-state index is 12.9. The maximum Gasteiger partial charge on any atom is 0.361 e. The van der Waals surface area contributed by atoms with Crippen LogP contribution in [0.3, 0.4) is 0 Å². The Hall–Kier alpha value is -3.79. The Morgan fingerprint density at radius 1 is 0.437 bits per heavy atom. The van der Waals surface area contributed by atoms with Crippen LogP contribution < -0.4 is 0 Å². The van der Waals surface area contributed by atoms with Crippen molar-refractivity contribution in [3.8, 4) is 0 Å². The number of likely N-dealkylation sites (N-methyl/N-ethyl adjacent to an activating group) is 1. The van der Waals surface area contributed by atoms with Gasteiger partial charge >= 0.3 is 17.9 Å². The summed E-state index contributed by atoms with van der Waals surface area (Å²) in [7, 11) is 5.95. The summed E-state index contributed by atoms with van der Waals surface area (Å²) in [6, 6.07) is 0. The predicted molar refractivity (Wildman–Crippen MR) is 299 cm³/mol. The molecule has 0 fully saturated rings. The number of esters is 2. The van der Waals surface area contributed by atoms with E-state index in [-0.39, 0.29) is 38.6 Å². The molecule has 0 bridgehead atoms. The number of unbranched alkanes of at least 4 members (excludes halogenated alkanes) is 20. The second-order valence-corrected chi connectivity index (χ2v) is 19.9. The molecule has 406 valence electrons. The van der Waals surface area contributed by atoms with Gasteiger partial charge in [-0.2, -0.15) is 0 Å². The van der Waals surface area contributed by atoms with Gasteiger partial charge in [-0.05, 0) is 96.3 Å². The quantitative estimate of drug-likeness (QED) is 0.0211. The van der Waals surface area contributed by atoms with Crippen molar-refractivity contribution in [1.29, 1.82) is 0 Å². The number of nitrogens with zero attached hydrogens (tertiary/aromatic N) is 1. The van der Waals surface area contributed by atoms with Gasteiger partial charge in [-0.3, -0.25) is 9.59 Å². The molecule has 0 saturated heterocycles. The van der Waals surface area contributed by atoms with Gasteiger partial charge in [0.1, 0.15) is 13.2 Å². The van der Waals surface area contributed by atoms with Crippen molar-refractivity contribution in [2.45, 2.75) is 232 Å². The molecule has 2 atom stereocenters. The predicted octanol–water partition coefficient (Wildman–Crippen LogP) is 16.6. The number of carboxylic acids is 1. The SMILES string of the molecule is CC/C=C\C/C=C\C/C=C\C/C=C\C/C=C\C/C=C\CCCCCCCCC(=O)OC(COC(=O)CCCCCCCCCCC/C=C\C/C=C\CCCCCCC)COC(OCC[N+](C)(C)C)C(=O)O. The highest BCUT2D eigenvalue weighted by molar-refractivity contribution is 5.71. The zero-order chi connectivity index (χ0) is 52.0. The molecule has 0 aromatic carbocycles. The molecule has 0 rings (SSSR count). The number of rotatable bonds is 51. The van der Waals surface area contributed by atoms with Crippen LogP contribution in [0.2, 0.25) is 0 Å². The van der Waals surface area contributed by atoms with Gasteiger partial charge in [0, 0.05) is 12.8 Å². The lowest BCUT2D eigenvalue weighted by Crippen LogP contribution is -2.40. The summed E-state index contributed by atoms with van der Waals surface area (Å²) in [5.41, 5.74) is 0. The number of quaternary nitrogens is 1. The van der Waals surface area contributed by atoms with Crippen LogP contribution >= 0.6 is 0 Å². The summed E-state index contributed by atoms with van der Waals surface area (Å²) in [5.74, 6) is -2.04. The van der Waals surface area contributed by atoms with Crippen molar-refractivity contribution in [2.24, 2.45) is 0 Å². The van der Waals surface area contributed by atoms with E-state index in [9.17, 15) is 19.5 Å². The van der Waals surface area contributed by atoms with Crippen LogP contribution in [-0.4, -0.2) is 87.4 Å². The topological polar surface area (TPSA) is 108 Å². The van der Waals surface area contributed by atoms with Crippen molar-refractivity contribution in [3.05, 3.63) is 97.2 Å². The van der Waals surface area contributed by atoms with Crippen LogP contribution in [0.15, 0.2) is 97.2 Å². The molecule has 9 heteroatoms. The third-order valence-corrected chi connectivity index (χ3v) is 11.8. The molecule has 0 aliphatic carbocycles. The molecule has 0 aromatic rings. The van der Waals surface area contributed by atoms with Crippen LogP contribution in [0.5, 0.6) is 0 Å². The first-order chi connectivity index (χ1) is 34.6. The number of ether oxygens (including phenoxy) is 4. The molecule has 1 N–H and O–H groups in total. The number of carboxylic acid groups (broad SMARTS) is 1. The number of allylic oxidation sites excluding steroid dienone is 16. The number of aliphatic carboxylic acids is 1. The maximum atomic E-state index is 12.9. The summed E-state index contributed by atoms with van der Waals surface area (Å²) in [6.07, 6.45) is 67.6.